The van der Waals surface area contributed by atoms with E-state index < -0.39 is 11.0 Å². The number of carbonyl (C=O) groups is 1. The molecule has 3 fully saturated rings. The number of nitrogens with zero attached hydrogens (tertiary/aromatic N) is 1. The summed E-state index contributed by atoms with van der Waals surface area (Å²) in [5.41, 5.74) is 5.40. The maximum Gasteiger partial charge on any atom is 0.137 e. The van der Waals surface area contributed by atoms with Crippen LogP contribution in [0.4, 0.5) is 5.69 Å². The first-order chi connectivity index (χ1) is 18.2. The van der Waals surface area contributed by atoms with Crippen LogP contribution in [-0.4, -0.2) is 36.7 Å². The highest BCUT2D eigenvalue weighted by Gasteiger charge is 2.63. The molecule has 38 heavy (non-hydrogen) atoms. The third kappa shape index (κ3) is 4.05. The summed E-state index contributed by atoms with van der Waals surface area (Å²) in [4.78, 5) is 14.4. The van der Waals surface area contributed by atoms with Crippen LogP contribution in [0, 0.1) is 23.2 Å². The fourth-order valence-corrected chi connectivity index (χ4v) is 7.64. The summed E-state index contributed by atoms with van der Waals surface area (Å²) >= 11 is 3.60. The maximum absolute atomic E-state index is 12.3. The lowest BCUT2D eigenvalue weighted by Gasteiger charge is -2.52. The summed E-state index contributed by atoms with van der Waals surface area (Å²) in [6, 6.07) is 16.7. The van der Waals surface area contributed by atoms with Gasteiger partial charge in [-0.15, -0.1) is 0 Å². The Bertz CT molecular complexity index is 1410. The lowest BCUT2D eigenvalue weighted by atomic mass is 9.55. The minimum Gasteiger partial charge on any atom is -0.493 e. The van der Waals surface area contributed by atoms with Gasteiger partial charge in [0.2, 0.25) is 0 Å². The van der Waals surface area contributed by atoms with E-state index in [-0.39, 0.29) is 23.7 Å². The van der Waals surface area contributed by atoms with Gasteiger partial charge in [-0.2, -0.15) is 0 Å². The van der Waals surface area contributed by atoms with E-state index in [1.807, 2.05) is 30.5 Å². The number of fused-ring (bicyclic) bond motifs is 4. The molecule has 0 unspecified atom stereocenters. The number of hydrogen-bond acceptors (Lipinski definition) is 4. The second-order valence-electron chi connectivity index (χ2n) is 11.7. The van der Waals surface area contributed by atoms with Gasteiger partial charge in [-0.05, 0) is 88.2 Å². The first kappa shape index (κ1) is 25.5. The minimum absolute atomic E-state index is 0.0965. The van der Waals surface area contributed by atoms with Crippen molar-refractivity contribution in [2.75, 3.05) is 19.0 Å². The lowest BCUT2D eigenvalue weighted by Crippen LogP contribution is -2.53. The Morgan fingerprint density at radius 2 is 1.87 bits per heavy atom. The van der Waals surface area contributed by atoms with E-state index in [1.165, 1.54) is 16.7 Å². The quantitative estimate of drug-likeness (QED) is 0.416. The fourth-order valence-electron chi connectivity index (χ4n) is 7.25. The molecule has 1 heterocycles. The molecule has 5 heteroatoms. The van der Waals surface area contributed by atoms with Crippen LogP contribution >= 0.6 is 15.9 Å². The SMILES string of the molecule is CN(C)c1ccc([C@H]2C[C@@]3(C)[C@@H](CC[C@@]3(O)C#Cc3ccccc3Br)[C@@H]3OC=C4CC(=O)CCC4=C32)cc1. The molecule has 6 rings (SSSR count). The van der Waals surface area contributed by atoms with E-state index in [4.69, 9.17) is 4.74 Å². The fraction of sp³-hybridized carbons (Fsp3) is 0.424. The molecule has 196 valence electrons. The Morgan fingerprint density at radius 3 is 2.61 bits per heavy atom. The zero-order chi connectivity index (χ0) is 26.7. The molecule has 1 aliphatic heterocycles. The minimum atomic E-state index is -1.12. The van der Waals surface area contributed by atoms with Crippen LogP contribution in [0.2, 0.25) is 0 Å². The van der Waals surface area contributed by atoms with E-state index in [0.717, 1.165) is 40.6 Å². The predicted octanol–water partition coefficient (Wildman–Crippen LogP) is 6.53. The average molecular weight is 573 g/mol. The number of Topliss-reactive ketones (excluding diaryl/α,β-unsaturated/α-hetero) is 1. The molecule has 0 amide bonds. The molecule has 2 aromatic carbocycles. The van der Waals surface area contributed by atoms with Crippen molar-refractivity contribution in [3.05, 3.63) is 87.1 Å². The summed E-state index contributed by atoms with van der Waals surface area (Å²) in [6.45, 7) is 2.22. The highest BCUT2D eigenvalue weighted by atomic mass is 79.9. The number of ketones is 1. The Kier molecular flexibility index (Phi) is 6.32. The van der Waals surface area contributed by atoms with Crippen molar-refractivity contribution >= 4 is 27.4 Å². The molecule has 0 saturated heterocycles. The Labute approximate surface area is 233 Å². The van der Waals surface area contributed by atoms with Crippen LogP contribution in [0.5, 0.6) is 0 Å². The van der Waals surface area contributed by atoms with Gasteiger partial charge in [0, 0.05) is 59.9 Å². The van der Waals surface area contributed by atoms with Gasteiger partial charge in [-0.3, -0.25) is 4.79 Å². The number of aliphatic hydroxyl groups is 1. The van der Waals surface area contributed by atoms with Crippen molar-refractivity contribution in [2.24, 2.45) is 11.3 Å². The van der Waals surface area contributed by atoms with Crippen molar-refractivity contribution < 1.29 is 14.6 Å². The zero-order valence-electron chi connectivity index (χ0n) is 22.3. The number of halogens is 1. The monoisotopic (exact) mass is 571 g/mol. The summed E-state index contributed by atoms with van der Waals surface area (Å²) in [5.74, 6) is 7.17. The molecule has 0 aromatic heterocycles. The van der Waals surface area contributed by atoms with Gasteiger partial charge in [0.05, 0.1) is 6.26 Å². The van der Waals surface area contributed by atoms with Crippen molar-refractivity contribution in [1.82, 2.24) is 0 Å². The van der Waals surface area contributed by atoms with Gasteiger partial charge in [0.15, 0.2) is 0 Å². The van der Waals surface area contributed by atoms with Gasteiger partial charge in [0.1, 0.15) is 17.5 Å². The van der Waals surface area contributed by atoms with Crippen LogP contribution in [0.15, 0.2) is 76.0 Å². The number of rotatable bonds is 2. The number of benzene rings is 2. The highest BCUT2D eigenvalue weighted by molar-refractivity contribution is 9.10. The molecular weight excluding hydrogens is 538 g/mol. The second kappa shape index (κ2) is 9.43. The molecule has 3 saturated carbocycles. The number of ether oxygens (including phenoxy) is 1. The van der Waals surface area contributed by atoms with Crippen molar-refractivity contribution in [2.45, 2.75) is 63.1 Å². The third-order valence-electron chi connectivity index (χ3n) is 9.48. The summed E-state index contributed by atoms with van der Waals surface area (Å²) in [7, 11) is 4.10. The average Bonchev–Trinajstić information content (AvgIpc) is 3.17. The Morgan fingerprint density at radius 1 is 1.11 bits per heavy atom. The van der Waals surface area contributed by atoms with Gasteiger partial charge in [-0.25, -0.2) is 0 Å². The molecular formula is C33H34BrNO3. The maximum atomic E-state index is 12.3. The van der Waals surface area contributed by atoms with Gasteiger partial charge in [-0.1, -0.05) is 43.0 Å². The van der Waals surface area contributed by atoms with E-state index in [1.54, 1.807) is 0 Å². The molecule has 5 atom stereocenters. The second-order valence-corrected chi connectivity index (χ2v) is 12.6. The van der Waals surface area contributed by atoms with E-state index in [9.17, 15) is 9.90 Å². The van der Waals surface area contributed by atoms with Crippen LogP contribution in [0.1, 0.15) is 62.5 Å². The summed E-state index contributed by atoms with van der Waals surface area (Å²) in [5, 5.41) is 12.2. The topological polar surface area (TPSA) is 49.8 Å². The number of anilines is 1. The molecule has 0 radical (unpaired) electrons. The normalized spacial score (nSPS) is 31.8. The standard InChI is InChI=1S/C33H34BrNO3/c1-32-19-27(21-8-10-24(11-9-21)35(2)3)30-26-13-12-25(36)18-23(26)20-38-31(30)28(32)15-17-33(32,37)16-14-22-6-4-5-7-29(22)34/h4-11,20,27-28,31,37H,12-13,15,17-19H2,1-3H3/t27-,28+,31+,32+,33+/m1/s1. The van der Waals surface area contributed by atoms with E-state index >= 15 is 0 Å². The van der Waals surface area contributed by atoms with E-state index in [0.29, 0.717) is 19.3 Å². The highest BCUT2D eigenvalue weighted by Crippen LogP contribution is 2.64. The molecule has 1 N–H and O–H groups in total. The molecule has 0 bridgehead atoms. The van der Waals surface area contributed by atoms with Crippen molar-refractivity contribution in [3.63, 3.8) is 0 Å². The number of allylic oxidation sites excluding steroid dienone is 2. The summed E-state index contributed by atoms with van der Waals surface area (Å²) < 4.78 is 7.46. The number of hydrogen-bond donors (Lipinski definition) is 1. The van der Waals surface area contributed by atoms with Crippen LogP contribution in [0.3, 0.4) is 0 Å². The van der Waals surface area contributed by atoms with Crippen LogP contribution < -0.4 is 4.90 Å². The van der Waals surface area contributed by atoms with Crippen molar-refractivity contribution in [3.8, 4) is 11.8 Å². The third-order valence-corrected chi connectivity index (χ3v) is 10.2. The molecule has 2 aromatic rings. The molecule has 4 aliphatic rings. The first-order valence-electron chi connectivity index (χ1n) is 13.6. The molecule has 4 nitrogen and oxygen atoms in total. The van der Waals surface area contributed by atoms with Gasteiger partial charge in [0.25, 0.3) is 0 Å². The van der Waals surface area contributed by atoms with E-state index in [2.05, 4.69) is 78.0 Å². The van der Waals surface area contributed by atoms with Crippen molar-refractivity contribution in [1.29, 1.82) is 0 Å². The van der Waals surface area contributed by atoms with Crippen LogP contribution in [-0.2, 0) is 9.53 Å². The first-order valence-corrected chi connectivity index (χ1v) is 14.4. The van der Waals surface area contributed by atoms with Crippen LogP contribution in [0.25, 0.3) is 0 Å². The lowest BCUT2D eigenvalue weighted by molar-refractivity contribution is -0.119. The molecule has 0 spiro atoms. The summed E-state index contributed by atoms with van der Waals surface area (Å²) in [6.07, 6.45) is 5.84. The number of carbonyl (C=O) groups excluding carboxylic acids is 1. The molecule has 3 aliphatic carbocycles. The smallest absolute Gasteiger partial charge is 0.137 e. The van der Waals surface area contributed by atoms with Gasteiger partial charge < -0.3 is 14.7 Å². The van der Waals surface area contributed by atoms with Gasteiger partial charge >= 0.3 is 0 Å². The predicted molar refractivity (Wildman–Crippen MR) is 154 cm³/mol. The Hall–Kier alpha value is -2.81. The largest absolute Gasteiger partial charge is 0.493 e. The zero-order valence-corrected chi connectivity index (χ0v) is 23.8. The Balaban J connectivity index is 1.45.